The predicted octanol–water partition coefficient (Wildman–Crippen LogP) is 4.31. The van der Waals surface area contributed by atoms with Gasteiger partial charge in [-0.05, 0) is 37.0 Å². The number of nitrogens with one attached hydrogen (secondary N) is 1. The summed E-state index contributed by atoms with van der Waals surface area (Å²) in [6.07, 6.45) is 4.63. The van der Waals surface area contributed by atoms with Crippen molar-refractivity contribution in [2.75, 3.05) is 13.7 Å². The molecule has 2 atom stereocenters. The standard InChI is InChI=1S/C23H25N3O2/c1-27-20-11-6-5-10-17(20)21-25-22(26-28-21)23(12-7-13-23)15-24-19-14-18(19)16-8-3-2-4-9-16/h2-6,8-11,18-19,24H,7,12-15H2,1H3/t18?,19-/m0/s1. The highest BCUT2D eigenvalue weighted by atomic mass is 16.5. The maximum absolute atomic E-state index is 5.62. The van der Waals surface area contributed by atoms with Crippen LogP contribution in [0.2, 0.25) is 0 Å². The van der Waals surface area contributed by atoms with Crippen molar-refractivity contribution >= 4 is 0 Å². The highest BCUT2D eigenvalue weighted by Gasteiger charge is 2.46. The van der Waals surface area contributed by atoms with Crippen LogP contribution >= 0.6 is 0 Å². The summed E-state index contributed by atoms with van der Waals surface area (Å²) in [5, 5.41) is 8.13. The Morgan fingerprint density at radius 3 is 2.64 bits per heavy atom. The third-order valence-corrected chi connectivity index (χ3v) is 6.27. The predicted molar refractivity (Wildman–Crippen MR) is 107 cm³/mol. The van der Waals surface area contributed by atoms with Crippen molar-refractivity contribution in [2.24, 2.45) is 0 Å². The second-order valence-corrected chi connectivity index (χ2v) is 8.00. The number of para-hydroxylation sites is 1. The Balaban J connectivity index is 1.29. The molecule has 2 saturated carbocycles. The van der Waals surface area contributed by atoms with Crippen LogP contribution in [0.15, 0.2) is 59.1 Å². The number of aromatic nitrogens is 2. The molecule has 0 spiro atoms. The van der Waals surface area contributed by atoms with E-state index < -0.39 is 0 Å². The minimum absolute atomic E-state index is 0.00636. The lowest BCUT2D eigenvalue weighted by Gasteiger charge is -2.39. The van der Waals surface area contributed by atoms with Gasteiger partial charge in [0.05, 0.1) is 12.7 Å². The van der Waals surface area contributed by atoms with Crippen molar-refractivity contribution in [1.29, 1.82) is 0 Å². The Bertz CT molecular complexity index is 949. The zero-order valence-corrected chi connectivity index (χ0v) is 16.1. The van der Waals surface area contributed by atoms with Crippen LogP contribution in [-0.4, -0.2) is 29.8 Å². The zero-order valence-electron chi connectivity index (χ0n) is 16.1. The Morgan fingerprint density at radius 2 is 1.89 bits per heavy atom. The van der Waals surface area contributed by atoms with Gasteiger partial charge in [-0.15, -0.1) is 0 Å². The third kappa shape index (κ3) is 3.10. The van der Waals surface area contributed by atoms with Gasteiger partial charge in [0, 0.05) is 23.9 Å². The number of ether oxygens (including phenoxy) is 1. The van der Waals surface area contributed by atoms with E-state index in [4.69, 9.17) is 14.2 Å². The van der Waals surface area contributed by atoms with Gasteiger partial charge < -0.3 is 14.6 Å². The van der Waals surface area contributed by atoms with Gasteiger partial charge in [-0.3, -0.25) is 0 Å². The van der Waals surface area contributed by atoms with Crippen molar-refractivity contribution < 1.29 is 9.26 Å². The Hall–Kier alpha value is -2.66. The molecule has 1 heterocycles. The topological polar surface area (TPSA) is 60.2 Å². The lowest BCUT2D eigenvalue weighted by molar-refractivity contribution is 0.211. The molecule has 2 aliphatic carbocycles. The highest BCUT2D eigenvalue weighted by molar-refractivity contribution is 5.62. The maximum atomic E-state index is 5.62. The Kier molecular flexibility index (Phi) is 4.40. The van der Waals surface area contributed by atoms with E-state index in [9.17, 15) is 0 Å². The quantitative estimate of drug-likeness (QED) is 0.667. The van der Waals surface area contributed by atoms with Crippen LogP contribution < -0.4 is 10.1 Å². The molecular weight excluding hydrogens is 350 g/mol. The number of nitrogens with zero attached hydrogens (tertiary/aromatic N) is 2. The number of hydrogen-bond acceptors (Lipinski definition) is 5. The van der Waals surface area contributed by atoms with Crippen LogP contribution in [0.3, 0.4) is 0 Å². The molecule has 1 aromatic heterocycles. The molecule has 2 fully saturated rings. The summed E-state index contributed by atoms with van der Waals surface area (Å²) in [6.45, 7) is 0.909. The van der Waals surface area contributed by atoms with Gasteiger partial charge in [0.1, 0.15) is 5.75 Å². The van der Waals surface area contributed by atoms with Crippen LogP contribution in [0.5, 0.6) is 5.75 Å². The van der Waals surface area contributed by atoms with Gasteiger partial charge in [-0.2, -0.15) is 4.98 Å². The van der Waals surface area contributed by atoms with Gasteiger partial charge >= 0.3 is 0 Å². The Morgan fingerprint density at radius 1 is 1.11 bits per heavy atom. The minimum Gasteiger partial charge on any atom is -0.496 e. The van der Waals surface area contributed by atoms with Crippen LogP contribution in [-0.2, 0) is 5.41 Å². The smallest absolute Gasteiger partial charge is 0.261 e. The molecule has 0 amide bonds. The first-order valence-electron chi connectivity index (χ1n) is 10.0. The van der Waals surface area contributed by atoms with Crippen LogP contribution in [0.1, 0.15) is 43.0 Å². The molecule has 1 unspecified atom stereocenters. The first-order valence-corrected chi connectivity index (χ1v) is 10.0. The van der Waals surface area contributed by atoms with E-state index in [1.807, 2.05) is 24.3 Å². The van der Waals surface area contributed by atoms with E-state index in [2.05, 4.69) is 40.8 Å². The average Bonchev–Trinajstić information content (AvgIpc) is 3.33. The van der Waals surface area contributed by atoms with Crippen LogP contribution in [0.25, 0.3) is 11.5 Å². The van der Waals surface area contributed by atoms with Gasteiger partial charge in [-0.1, -0.05) is 54.0 Å². The van der Waals surface area contributed by atoms with E-state index >= 15 is 0 Å². The lowest BCUT2D eigenvalue weighted by Crippen LogP contribution is -2.45. The van der Waals surface area contributed by atoms with E-state index in [-0.39, 0.29) is 5.41 Å². The highest BCUT2D eigenvalue weighted by Crippen LogP contribution is 2.45. The summed E-state index contributed by atoms with van der Waals surface area (Å²) in [6, 6.07) is 19.1. The summed E-state index contributed by atoms with van der Waals surface area (Å²) >= 11 is 0. The molecule has 2 aliphatic rings. The van der Waals surface area contributed by atoms with Crippen molar-refractivity contribution in [3.8, 4) is 17.2 Å². The zero-order chi connectivity index (χ0) is 19.0. The van der Waals surface area contributed by atoms with Gasteiger partial charge in [0.25, 0.3) is 5.89 Å². The summed E-state index contributed by atoms with van der Waals surface area (Å²) in [5.41, 5.74) is 2.27. The van der Waals surface area contributed by atoms with Crippen molar-refractivity contribution in [3.05, 3.63) is 66.0 Å². The van der Waals surface area contributed by atoms with E-state index in [1.54, 1.807) is 7.11 Å². The van der Waals surface area contributed by atoms with Gasteiger partial charge in [0.15, 0.2) is 5.82 Å². The first-order chi connectivity index (χ1) is 13.8. The largest absolute Gasteiger partial charge is 0.496 e. The molecular formula is C23H25N3O2. The maximum Gasteiger partial charge on any atom is 0.261 e. The van der Waals surface area contributed by atoms with E-state index in [0.717, 1.165) is 36.5 Å². The molecule has 2 aromatic carbocycles. The fourth-order valence-corrected chi connectivity index (χ4v) is 4.27. The molecule has 0 aliphatic heterocycles. The Labute approximate surface area is 165 Å². The molecule has 5 rings (SSSR count). The number of hydrogen-bond donors (Lipinski definition) is 1. The number of methoxy groups -OCH3 is 1. The second-order valence-electron chi connectivity index (χ2n) is 8.00. The SMILES string of the molecule is COc1ccccc1-c1nc(C2(CN[C@H]3CC3c3ccccc3)CCC2)no1. The molecule has 5 heteroatoms. The minimum atomic E-state index is -0.00636. The molecule has 0 saturated heterocycles. The fraction of sp³-hybridized carbons (Fsp3) is 0.391. The summed E-state index contributed by atoms with van der Waals surface area (Å²) in [7, 11) is 1.66. The van der Waals surface area contributed by atoms with Crippen molar-refractivity contribution in [3.63, 3.8) is 0 Å². The summed E-state index contributed by atoms with van der Waals surface area (Å²) in [5.74, 6) is 2.74. The lowest BCUT2D eigenvalue weighted by atomic mass is 9.68. The monoisotopic (exact) mass is 375 g/mol. The second kappa shape index (κ2) is 7.06. The molecule has 1 N–H and O–H groups in total. The normalized spacial score (nSPS) is 22.5. The molecule has 28 heavy (non-hydrogen) atoms. The molecule has 144 valence electrons. The molecule has 3 aromatic rings. The van der Waals surface area contributed by atoms with Crippen LogP contribution in [0, 0.1) is 0 Å². The average molecular weight is 375 g/mol. The van der Waals surface area contributed by atoms with Crippen molar-refractivity contribution in [1.82, 2.24) is 15.5 Å². The molecule has 0 bridgehead atoms. The molecule has 0 radical (unpaired) electrons. The molecule has 5 nitrogen and oxygen atoms in total. The number of rotatable bonds is 7. The van der Waals surface area contributed by atoms with E-state index in [0.29, 0.717) is 17.9 Å². The van der Waals surface area contributed by atoms with Gasteiger partial charge in [0.2, 0.25) is 0 Å². The van der Waals surface area contributed by atoms with Gasteiger partial charge in [-0.25, -0.2) is 0 Å². The van der Waals surface area contributed by atoms with Crippen LogP contribution in [0.4, 0.5) is 0 Å². The summed E-state index contributed by atoms with van der Waals surface area (Å²) in [4.78, 5) is 4.76. The number of benzene rings is 2. The summed E-state index contributed by atoms with van der Waals surface area (Å²) < 4.78 is 11.1. The van der Waals surface area contributed by atoms with E-state index in [1.165, 1.54) is 18.4 Å². The first kappa shape index (κ1) is 17.4. The third-order valence-electron chi connectivity index (χ3n) is 6.27. The van der Waals surface area contributed by atoms with Crippen molar-refractivity contribution in [2.45, 2.75) is 43.1 Å². The fourth-order valence-electron chi connectivity index (χ4n) is 4.27.